The van der Waals surface area contributed by atoms with Crippen LogP contribution in [0.4, 0.5) is 0 Å². The predicted molar refractivity (Wildman–Crippen MR) is 111 cm³/mol. The monoisotopic (exact) mass is 382 g/mol. The summed E-state index contributed by atoms with van der Waals surface area (Å²) in [6.07, 6.45) is 0. The van der Waals surface area contributed by atoms with Crippen LogP contribution in [0.15, 0.2) is 52.8 Å². The number of thiophene rings is 1. The van der Waals surface area contributed by atoms with Crippen LogP contribution in [0.5, 0.6) is 0 Å². The van der Waals surface area contributed by atoms with Crippen molar-refractivity contribution in [3.63, 3.8) is 0 Å². The van der Waals surface area contributed by atoms with Crippen molar-refractivity contribution in [3.05, 3.63) is 69.9 Å². The van der Waals surface area contributed by atoms with E-state index in [2.05, 4.69) is 57.4 Å². The van der Waals surface area contributed by atoms with E-state index in [1.54, 1.807) is 11.3 Å². The fourth-order valence-corrected chi connectivity index (χ4v) is 3.40. The first kappa shape index (κ1) is 19.1. The van der Waals surface area contributed by atoms with E-state index in [9.17, 15) is 0 Å². The van der Waals surface area contributed by atoms with Crippen LogP contribution in [0.25, 0.3) is 0 Å². The van der Waals surface area contributed by atoms with Crippen LogP contribution in [-0.2, 0) is 20.1 Å². The van der Waals surface area contributed by atoms with Gasteiger partial charge in [0, 0.05) is 24.4 Å². The summed E-state index contributed by atoms with van der Waals surface area (Å²) in [5.41, 5.74) is 1.18. The molecule has 3 aromatic rings. The van der Waals surface area contributed by atoms with E-state index in [1.807, 2.05) is 36.7 Å². The number of nitrogens with one attached hydrogen (secondary N) is 2. The molecular weight excluding hydrogens is 356 g/mol. The van der Waals surface area contributed by atoms with Crippen molar-refractivity contribution in [2.75, 3.05) is 6.54 Å². The van der Waals surface area contributed by atoms with Gasteiger partial charge in [-0.25, -0.2) is 4.99 Å². The van der Waals surface area contributed by atoms with Gasteiger partial charge < -0.3 is 15.2 Å². The summed E-state index contributed by atoms with van der Waals surface area (Å²) in [6.45, 7) is 6.19. The lowest BCUT2D eigenvalue weighted by Crippen LogP contribution is -2.39. The number of hydrogen-bond acceptors (Lipinski definition) is 4. The van der Waals surface area contributed by atoms with E-state index in [4.69, 9.17) is 4.99 Å². The Labute approximate surface area is 164 Å². The van der Waals surface area contributed by atoms with Gasteiger partial charge in [0.2, 0.25) is 0 Å². The van der Waals surface area contributed by atoms with Crippen molar-refractivity contribution < 1.29 is 0 Å². The van der Waals surface area contributed by atoms with Gasteiger partial charge in [0.15, 0.2) is 11.8 Å². The molecule has 2 heterocycles. The molecule has 27 heavy (non-hydrogen) atoms. The first-order valence-electron chi connectivity index (χ1n) is 9.08. The smallest absolute Gasteiger partial charge is 0.191 e. The second kappa shape index (κ2) is 9.32. The number of benzene rings is 1. The van der Waals surface area contributed by atoms with Gasteiger partial charge in [0.05, 0.1) is 13.1 Å². The van der Waals surface area contributed by atoms with E-state index < -0.39 is 0 Å². The number of hydrogen-bond donors (Lipinski definition) is 2. The normalized spacial score (nSPS) is 12.8. The van der Waals surface area contributed by atoms with E-state index in [-0.39, 0.29) is 0 Å². The zero-order valence-corrected chi connectivity index (χ0v) is 16.8. The maximum Gasteiger partial charge on any atom is 0.191 e. The van der Waals surface area contributed by atoms with Crippen LogP contribution in [-0.4, -0.2) is 27.3 Å². The Bertz CT molecular complexity index is 854. The van der Waals surface area contributed by atoms with Gasteiger partial charge in [-0.15, -0.1) is 21.5 Å². The third-order valence-corrected chi connectivity index (χ3v) is 5.57. The van der Waals surface area contributed by atoms with E-state index in [0.29, 0.717) is 19.0 Å². The summed E-state index contributed by atoms with van der Waals surface area (Å²) in [5, 5.41) is 17.3. The van der Waals surface area contributed by atoms with Crippen molar-refractivity contribution in [2.24, 2.45) is 12.0 Å². The highest BCUT2D eigenvalue weighted by molar-refractivity contribution is 7.10. The predicted octanol–water partition coefficient (Wildman–Crippen LogP) is 3.22. The highest BCUT2D eigenvalue weighted by Gasteiger charge is 2.09. The highest BCUT2D eigenvalue weighted by Crippen LogP contribution is 2.19. The average molecular weight is 383 g/mol. The van der Waals surface area contributed by atoms with Gasteiger partial charge in [-0.1, -0.05) is 43.3 Å². The Morgan fingerprint density at radius 3 is 2.63 bits per heavy atom. The maximum absolute atomic E-state index is 4.74. The summed E-state index contributed by atoms with van der Waals surface area (Å²) in [5.74, 6) is 2.98. The summed E-state index contributed by atoms with van der Waals surface area (Å²) in [4.78, 5) is 6.11. The maximum atomic E-state index is 4.74. The van der Waals surface area contributed by atoms with E-state index in [0.717, 1.165) is 24.2 Å². The molecule has 0 amide bonds. The zero-order chi connectivity index (χ0) is 19.1. The molecule has 2 N–H and O–H groups in total. The molecule has 0 aliphatic rings. The minimum atomic E-state index is 0.422. The highest BCUT2D eigenvalue weighted by atomic mass is 32.1. The van der Waals surface area contributed by atoms with Crippen LogP contribution in [0.3, 0.4) is 0 Å². The van der Waals surface area contributed by atoms with Crippen LogP contribution >= 0.6 is 11.3 Å². The summed E-state index contributed by atoms with van der Waals surface area (Å²) < 4.78 is 1.98. The van der Waals surface area contributed by atoms with Crippen molar-refractivity contribution >= 4 is 17.3 Å². The number of rotatable bonds is 7. The number of nitrogens with zero attached hydrogens (tertiary/aromatic N) is 4. The van der Waals surface area contributed by atoms with Crippen molar-refractivity contribution in [1.29, 1.82) is 0 Å². The standard InChI is InChI=1S/C20H26N6S/c1-15(18-10-7-11-27-18)12-21-20(22-13-17-8-5-4-6-9-17)23-14-19-25-24-16(2)26(19)3/h4-11,15H,12-14H2,1-3H3,(H2,21,22,23). The summed E-state index contributed by atoms with van der Waals surface area (Å²) in [6, 6.07) is 14.5. The summed E-state index contributed by atoms with van der Waals surface area (Å²) >= 11 is 1.79. The molecule has 2 aromatic heterocycles. The third kappa shape index (κ3) is 5.40. The number of aromatic nitrogens is 3. The number of guanidine groups is 1. The third-order valence-electron chi connectivity index (χ3n) is 4.46. The topological polar surface area (TPSA) is 67.1 Å². The van der Waals surface area contributed by atoms with Crippen molar-refractivity contribution in [3.8, 4) is 0 Å². The molecule has 0 fully saturated rings. The molecule has 0 spiro atoms. The average Bonchev–Trinajstić information content (AvgIpc) is 3.33. The Hall–Kier alpha value is -2.67. The second-order valence-electron chi connectivity index (χ2n) is 6.52. The summed E-state index contributed by atoms with van der Waals surface area (Å²) in [7, 11) is 1.97. The lowest BCUT2D eigenvalue weighted by molar-refractivity contribution is 0.684. The first-order chi connectivity index (χ1) is 13.1. The van der Waals surface area contributed by atoms with Crippen molar-refractivity contribution in [1.82, 2.24) is 25.4 Å². The largest absolute Gasteiger partial charge is 0.356 e. The molecule has 0 saturated heterocycles. The molecule has 3 rings (SSSR count). The number of aryl methyl sites for hydroxylation is 1. The van der Waals surface area contributed by atoms with Crippen molar-refractivity contribution in [2.45, 2.75) is 32.9 Å². The van der Waals surface area contributed by atoms with E-state index in [1.165, 1.54) is 10.4 Å². The Kier molecular flexibility index (Phi) is 6.59. The van der Waals surface area contributed by atoms with E-state index >= 15 is 0 Å². The quantitative estimate of drug-likeness (QED) is 0.486. The molecule has 1 unspecified atom stereocenters. The van der Waals surface area contributed by atoms with Gasteiger partial charge >= 0.3 is 0 Å². The Balaban J connectivity index is 1.64. The molecule has 0 saturated carbocycles. The van der Waals surface area contributed by atoms with Crippen LogP contribution in [0, 0.1) is 6.92 Å². The van der Waals surface area contributed by atoms with Gasteiger partial charge in [-0.05, 0) is 23.9 Å². The lowest BCUT2D eigenvalue weighted by atomic mass is 10.1. The van der Waals surface area contributed by atoms with Crippen LogP contribution < -0.4 is 10.6 Å². The molecule has 142 valence electrons. The molecule has 6 nitrogen and oxygen atoms in total. The first-order valence-corrected chi connectivity index (χ1v) is 9.96. The minimum absolute atomic E-state index is 0.422. The van der Waals surface area contributed by atoms with Gasteiger partial charge in [-0.3, -0.25) is 0 Å². The second-order valence-corrected chi connectivity index (χ2v) is 7.50. The molecule has 0 radical (unpaired) electrons. The molecule has 1 aromatic carbocycles. The minimum Gasteiger partial charge on any atom is -0.356 e. The van der Waals surface area contributed by atoms with Gasteiger partial charge in [0.25, 0.3) is 0 Å². The molecular formula is C20H26N6S. The molecule has 0 aliphatic heterocycles. The molecule has 1 atom stereocenters. The SMILES string of the molecule is Cc1nnc(CNC(=NCc2ccccc2)NCC(C)c2cccs2)n1C. The molecule has 0 aliphatic carbocycles. The Morgan fingerprint density at radius 2 is 1.96 bits per heavy atom. The lowest BCUT2D eigenvalue weighted by Gasteiger charge is -2.16. The van der Waals surface area contributed by atoms with Crippen LogP contribution in [0.1, 0.15) is 34.9 Å². The fraction of sp³-hybridized carbons (Fsp3) is 0.350. The Morgan fingerprint density at radius 1 is 1.15 bits per heavy atom. The van der Waals surface area contributed by atoms with Gasteiger partial charge in [-0.2, -0.15) is 0 Å². The van der Waals surface area contributed by atoms with Gasteiger partial charge in [0.1, 0.15) is 5.82 Å². The van der Waals surface area contributed by atoms with Crippen LogP contribution in [0.2, 0.25) is 0 Å². The molecule has 0 bridgehead atoms. The fourth-order valence-electron chi connectivity index (χ4n) is 2.62. The number of aliphatic imine (C=N–C) groups is 1. The molecule has 7 heteroatoms. The zero-order valence-electron chi connectivity index (χ0n) is 16.0.